The third kappa shape index (κ3) is 1.01. The SMILES string of the molecule is CC1CCC1n1cn[nH]c1=S. The molecule has 0 aliphatic heterocycles. The average molecular weight is 169 g/mol. The molecule has 1 aromatic heterocycles. The van der Waals surface area contributed by atoms with E-state index in [0.29, 0.717) is 6.04 Å². The van der Waals surface area contributed by atoms with Crippen molar-refractivity contribution in [3.63, 3.8) is 0 Å². The summed E-state index contributed by atoms with van der Waals surface area (Å²) in [5.74, 6) is 0.763. The maximum Gasteiger partial charge on any atom is 0.195 e. The lowest BCUT2D eigenvalue weighted by Gasteiger charge is -2.34. The van der Waals surface area contributed by atoms with E-state index < -0.39 is 0 Å². The molecule has 2 rings (SSSR count). The van der Waals surface area contributed by atoms with Crippen LogP contribution in [0.2, 0.25) is 0 Å². The van der Waals surface area contributed by atoms with E-state index in [-0.39, 0.29) is 0 Å². The van der Waals surface area contributed by atoms with Crippen molar-refractivity contribution in [3.8, 4) is 0 Å². The number of hydrogen-bond acceptors (Lipinski definition) is 2. The molecule has 0 spiro atoms. The van der Waals surface area contributed by atoms with Crippen LogP contribution in [0, 0.1) is 10.7 Å². The van der Waals surface area contributed by atoms with Crippen LogP contribution in [0.3, 0.4) is 0 Å². The van der Waals surface area contributed by atoms with Crippen molar-refractivity contribution < 1.29 is 0 Å². The first kappa shape index (κ1) is 7.03. The highest BCUT2D eigenvalue weighted by atomic mass is 32.1. The van der Waals surface area contributed by atoms with Crippen LogP contribution < -0.4 is 0 Å². The topological polar surface area (TPSA) is 33.6 Å². The minimum atomic E-state index is 0.598. The third-order valence-corrected chi connectivity index (χ3v) is 2.81. The summed E-state index contributed by atoms with van der Waals surface area (Å²) < 4.78 is 2.81. The summed E-state index contributed by atoms with van der Waals surface area (Å²) >= 11 is 5.06. The fourth-order valence-corrected chi connectivity index (χ4v) is 1.79. The standard InChI is InChI=1S/C7H11N3S/c1-5-2-3-6(5)10-4-8-9-7(10)11/h4-6H,2-3H2,1H3,(H,9,11). The lowest BCUT2D eigenvalue weighted by Crippen LogP contribution is -2.26. The smallest absolute Gasteiger partial charge is 0.195 e. The van der Waals surface area contributed by atoms with E-state index in [1.807, 2.05) is 0 Å². The van der Waals surface area contributed by atoms with Gasteiger partial charge in [0, 0.05) is 6.04 Å². The summed E-state index contributed by atoms with van der Waals surface area (Å²) in [5, 5.41) is 6.66. The first-order valence-corrected chi connectivity index (χ1v) is 4.31. The Hall–Kier alpha value is -0.640. The first-order chi connectivity index (χ1) is 5.29. The molecule has 1 N–H and O–H groups in total. The fourth-order valence-electron chi connectivity index (χ4n) is 1.56. The molecule has 4 heteroatoms. The van der Waals surface area contributed by atoms with Gasteiger partial charge in [-0.25, -0.2) is 0 Å². The molecule has 0 amide bonds. The Morgan fingerprint density at radius 3 is 2.91 bits per heavy atom. The molecular formula is C7H11N3S. The van der Waals surface area contributed by atoms with Gasteiger partial charge in [0.1, 0.15) is 6.33 Å². The van der Waals surface area contributed by atoms with E-state index in [4.69, 9.17) is 12.2 Å². The van der Waals surface area contributed by atoms with Crippen molar-refractivity contribution >= 4 is 12.2 Å². The van der Waals surface area contributed by atoms with Crippen LogP contribution in [0.25, 0.3) is 0 Å². The van der Waals surface area contributed by atoms with Crippen molar-refractivity contribution in [2.75, 3.05) is 0 Å². The molecule has 1 fully saturated rings. The quantitative estimate of drug-likeness (QED) is 0.651. The maximum absolute atomic E-state index is 5.06. The van der Waals surface area contributed by atoms with Gasteiger partial charge in [-0.2, -0.15) is 5.10 Å². The van der Waals surface area contributed by atoms with Crippen LogP contribution in [0.4, 0.5) is 0 Å². The molecule has 1 heterocycles. The van der Waals surface area contributed by atoms with Crippen molar-refractivity contribution in [2.24, 2.45) is 5.92 Å². The Bertz CT molecular complexity index is 301. The van der Waals surface area contributed by atoms with Gasteiger partial charge < -0.3 is 4.57 Å². The van der Waals surface area contributed by atoms with Crippen molar-refractivity contribution in [1.82, 2.24) is 14.8 Å². The van der Waals surface area contributed by atoms with E-state index >= 15 is 0 Å². The highest BCUT2D eigenvalue weighted by Gasteiger charge is 2.28. The molecule has 1 aromatic rings. The number of rotatable bonds is 1. The molecule has 2 atom stereocenters. The molecule has 1 aliphatic carbocycles. The fraction of sp³-hybridized carbons (Fsp3) is 0.714. The molecular weight excluding hydrogens is 158 g/mol. The molecule has 11 heavy (non-hydrogen) atoms. The molecule has 0 saturated heterocycles. The van der Waals surface area contributed by atoms with Gasteiger partial charge in [0.15, 0.2) is 4.77 Å². The molecule has 2 unspecified atom stereocenters. The number of H-pyrrole nitrogens is 1. The van der Waals surface area contributed by atoms with Gasteiger partial charge in [0.25, 0.3) is 0 Å². The van der Waals surface area contributed by atoms with Crippen LogP contribution in [0.5, 0.6) is 0 Å². The molecule has 60 valence electrons. The summed E-state index contributed by atoms with van der Waals surface area (Å²) in [6.07, 6.45) is 4.36. The first-order valence-electron chi connectivity index (χ1n) is 3.90. The van der Waals surface area contributed by atoms with E-state index in [9.17, 15) is 0 Å². The molecule has 1 saturated carbocycles. The van der Waals surface area contributed by atoms with Crippen LogP contribution in [-0.2, 0) is 0 Å². The van der Waals surface area contributed by atoms with E-state index in [1.54, 1.807) is 6.33 Å². The zero-order valence-corrected chi connectivity index (χ0v) is 7.27. The second-order valence-electron chi connectivity index (χ2n) is 3.19. The molecule has 3 nitrogen and oxygen atoms in total. The highest BCUT2D eigenvalue weighted by Crippen LogP contribution is 2.37. The number of aromatic amines is 1. The zero-order valence-electron chi connectivity index (χ0n) is 6.45. The van der Waals surface area contributed by atoms with Crippen molar-refractivity contribution in [1.29, 1.82) is 0 Å². The lowest BCUT2D eigenvalue weighted by molar-refractivity contribution is 0.199. The minimum Gasteiger partial charge on any atom is -0.303 e. The summed E-state index contributed by atoms with van der Waals surface area (Å²) in [6.45, 7) is 2.25. The highest BCUT2D eigenvalue weighted by molar-refractivity contribution is 7.71. The normalized spacial score (nSPS) is 29.9. The predicted molar refractivity (Wildman–Crippen MR) is 44.8 cm³/mol. The van der Waals surface area contributed by atoms with Gasteiger partial charge in [-0.15, -0.1) is 0 Å². The predicted octanol–water partition coefficient (Wildman–Crippen LogP) is 1.91. The van der Waals surface area contributed by atoms with Gasteiger partial charge >= 0.3 is 0 Å². The Morgan fingerprint density at radius 2 is 2.55 bits per heavy atom. The van der Waals surface area contributed by atoms with E-state index in [2.05, 4.69) is 21.7 Å². The molecule has 1 aliphatic rings. The minimum absolute atomic E-state index is 0.598. The van der Waals surface area contributed by atoms with Gasteiger partial charge in [-0.05, 0) is 31.0 Å². The van der Waals surface area contributed by atoms with Gasteiger partial charge in [0.05, 0.1) is 0 Å². The van der Waals surface area contributed by atoms with Crippen LogP contribution in [0.15, 0.2) is 6.33 Å². The van der Waals surface area contributed by atoms with Crippen molar-refractivity contribution in [2.45, 2.75) is 25.8 Å². The largest absolute Gasteiger partial charge is 0.303 e. The summed E-state index contributed by atoms with van der Waals surface area (Å²) in [4.78, 5) is 0. The number of aromatic nitrogens is 3. The van der Waals surface area contributed by atoms with Gasteiger partial charge in [-0.1, -0.05) is 6.92 Å². The Kier molecular flexibility index (Phi) is 1.56. The summed E-state index contributed by atoms with van der Waals surface area (Å²) in [6, 6.07) is 0.598. The van der Waals surface area contributed by atoms with E-state index in [0.717, 1.165) is 10.7 Å². The molecule has 0 aromatic carbocycles. The van der Waals surface area contributed by atoms with Crippen LogP contribution in [-0.4, -0.2) is 14.8 Å². The number of hydrogen-bond donors (Lipinski definition) is 1. The summed E-state index contributed by atoms with van der Waals surface area (Å²) in [7, 11) is 0. The third-order valence-electron chi connectivity index (χ3n) is 2.51. The van der Waals surface area contributed by atoms with E-state index in [1.165, 1.54) is 12.8 Å². The maximum atomic E-state index is 5.06. The second kappa shape index (κ2) is 2.44. The Labute approximate surface area is 70.4 Å². The van der Waals surface area contributed by atoms with Crippen LogP contribution >= 0.6 is 12.2 Å². The van der Waals surface area contributed by atoms with Crippen molar-refractivity contribution in [3.05, 3.63) is 11.1 Å². The Morgan fingerprint density at radius 1 is 1.73 bits per heavy atom. The average Bonchev–Trinajstić information content (AvgIpc) is 2.34. The lowest BCUT2D eigenvalue weighted by atomic mass is 9.81. The summed E-state index contributed by atoms with van der Waals surface area (Å²) in [5.41, 5.74) is 0. The molecule has 0 bridgehead atoms. The van der Waals surface area contributed by atoms with Crippen LogP contribution in [0.1, 0.15) is 25.8 Å². The number of nitrogens with one attached hydrogen (secondary N) is 1. The second-order valence-corrected chi connectivity index (χ2v) is 3.58. The Balaban J connectivity index is 2.29. The monoisotopic (exact) mass is 169 g/mol. The molecule has 0 radical (unpaired) electrons. The number of nitrogens with zero attached hydrogens (tertiary/aromatic N) is 2. The van der Waals surface area contributed by atoms with Gasteiger partial charge in [0.2, 0.25) is 0 Å². The van der Waals surface area contributed by atoms with Gasteiger partial charge in [-0.3, -0.25) is 5.10 Å². The zero-order chi connectivity index (χ0) is 7.84.